The minimum absolute atomic E-state index is 0. The zero-order valence-electron chi connectivity index (χ0n) is 16.2. The van der Waals surface area contributed by atoms with Gasteiger partial charge in [-0.3, -0.25) is 9.89 Å². The van der Waals surface area contributed by atoms with Gasteiger partial charge in [0.25, 0.3) is 0 Å². The lowest BCUT2D eigenvalue weighted by molar-refractivity contribution is 0.0376. The molecule has 1 aliphatic rings. The summed E-state index contributed by atoms with van der Waals surface area (Å²) in [6.07, 6.45) is 1.02. The molecule has 0 saturated carbocycles. The van der Waals surface area contributed by atoms with Gasteiger partial charge in [0.1, 0.15) is 0 Å². The Kier molecular flexibility index (Phi) is 9.65. The summed E-state index contributed by atoms with van der Waals surface area (Å²) < 4.78 is 10.7. The summed E-state index contributed by atoms with van der Waals surface area (Å²) in [7, 11) is 0. The molecule has 2 aromatic rings. The molecule has 1 aliphatic heterocycles. The fourth-order valence-corrected chi connectivity index (χ4v) is 2.85. The summed E-state index contributed by atoms with van der Waals surface area (Å²) in [6, 6.07) is 9.76. The summed E-state index contributed by atoms with van der Waals surface area (Å²) in [5.41, 5.74) is 6.89. The molecule has 0 spiro atoms. The highest BCUT2D eigenvalue weighted by molar-refractivity contribution is 14.0. The van der Waals surface area contributed by atoms with Gasteiger partial charge < -0.3 is 20.3 Å². The van der Waals surface area contributed by atoms with E-state index in [1.165, 1.54) is 0 Å². The molecule has 2 heterocycles. The largest absolute Gasteiger partial charge is 0.379 e. The number of hydrogen-bond donors (Lipinski definition) is 2. The monoisotopic (exact) mass is 500 g/mol. The van der Waals surface area contributed by atoms with Crippen molar-refractivity contribution in [3.05, 3.63) is 36.2 Å². The number of aromatic nitrogens is 2. The summed E-state index contributed by atoms with van der Waals surface area (Å²) >= 11 is 0. The summed E-state index contributed by atoms with van der Waals surface area (Å²) in [6.45, 7) is 8.03. The van der Waals surface area contributed by atoms with E-state index in [-0.39, 0.29) is 29.9 Å². The Labute approximate surface area is 182 Å². The fraction of sp³-hybridized carbons (Fsp3) is 0.526. The molecule has 3 N–H and O–H groups in total. The van der Waals surface area contributed by atoms with E-state index < -0.39 is 0 Å². The molecule has 1 unspecified atom stereocenters. The van der Waals surface area contributed by atoms with Gasteiger partial charge in [0.15, 0.2) is 5.96 Å². The second-order valence-corrected chi connectivity index (χ2v) is 6.68. The number of nitrogens with two attached hydrogens (primary N) is 1. The molecule has 1 saturated heterocycles. The molecule has 1 aromatic heterocycles. The van der Waals surface area contributed by atoms with Crippen molar-refractivity contribution in [3.63, 3.8) is 0 Å². The van der Waals surface area contributed by atoms with Crippen molar-refractivity contribution in [2.24, 2.45) is 10.7 Å². The van der Waals surface area contributed by atoms with Crippen LogP contribution >= 0.6 is 24.0 Å². The highest BCUT2D eigenvalue weighted by Crippen LogP contribution is 2.19. The SMILES string of the molecule is CC(CN=C(N)NCCCN1CCOCC1)c1nc(-c2ccccc2)no1.I. The third-order valence-corrected chi connectivity index (χ3v) is 4.49. The van der Waals surface area contributed by atoms with Crippen LogP contribution in [0.1, 0.15) is 25.2 Å². The molecule has 28 heavy (non-hydrogen) atoms. The number of benzene rings is 1. The Hall–Kier alpha value is -1.72. The molecule has 1 fully saturated rings. The van der Waals surface area contributed by atoms with Crippen LogP contribution in [0.5, 0.6) is 0 Å². The molecule has 9 heteroatoms. The molecule has 0 amide bonds. The number of hydrogen-bond acceptors (Lipinski definition) is 6. The van der Waals surface area contributed by atoms with E-state index in [0.29, 0.717) is 24.2 Å². The fourth-order valence-electron chi connectivity index (χ4n) is 2.85. The van der Waals surface area contributed by atoms with Crippen molar-refractivity contribution < 1.29 is 9.26 Å². The highest BCUT2D eigenvalue weighted by atomic mass is 127. The van der Waals surface area contributed by atoms with E-state index >= 15 is 0 Å². The molecule has 0 bridgehead atoms. The van der Waals surface area contributed by atoms with Crippen LogP contribution in [0.4, 0.5) is 0 Å². The third kappa shape index (κ3) is 7.02. The smallest absolute Gasteiger partial charge is 0.231 e. The Morgan fingerprint density at radius 3 is 2.79 bits per heavy atom. The molecule has 1 aromatic carbocycles. The number of ether oxygens (including phenoxy) is 1. The van der Waals surface area contributed by atoms with Gasteiger partial charge in [-0.05, 0) is 13.0 Å². The molecule has 0 aliphatic carbocycles. The van der Waals surface area contributed by atoms with Crippen LogP contribution in [-0.4, -0.2) is 66.9 Å². The first-order chi connectivity index (χ1) is 13.2. The minimum atomic E-state index is 0. The molecule has 1 atom stereocenters. The van der Waals surface area contributed by atoms with Gasteiger partial charge in [0, 0.05) is 25.2 Å². The van der Waals surface area contributed by atoms with Gasteiger partial charge in [-0.25, -0.2) is 0 Å². The lowest BCUT2D eigenvalue weighted by Gasteiger charge is -2.26. The minimum Gasteiger partial charge on any atom is -0.379 e. The number of morpholine rings is 1. The van der Waals surface area contributed by atoms with Crippen molar-refractivity contribution in [3.8, 4) is 11.4 Å². The maximum atomic E-state index is 5.95. The number of aliphatic imine (C=N–C) groups is 1. The van der Waals surface area contributed by atoms with E-state index in [4.69, 9.17) is 15.0 Å². The Morgan fingerprint density at radius 2 is 2.04 bits per heavy atom. The van der Waals surface area contributed by atoms with Crippen LogP contribution in [0.3, 0.4) is 0 Å². The first-order valence-electron chi connectivity index (χ1n) is 9.45. The average Bonchev–Trinajstić information content (AvgIpc) is 3.21. The molecule has 154 valence electrons. The summed E-state index contributed by atoms with van der Waals surface area (Å²) in [4.78, 5) is 11.3. The summed E-state index contributed by atoms with van der Waals surface area (Å²) in [5, 5.41) is 7.21. The molecule has 0 radical (unpaired) electrons. The summed E-state index contributed by atoms with van der Waals surface area (Å²) in [5.74, 6) is 1.61. The van der Waals surface area contributed by atoms with Crippen LogP contribution in [0.2, 0.25) is 0 Å². The van der Waals surface area contributed by atoms with Gasteiger partial charge in [0.05, 0.1) is 25.7 Å². The topological polar surface area (TPSA) is 102 Å². The van der Waals surface area contributed by atoms with Crippen LogP contribution in [0, 0.1) is 0 Å². The Bertz CT molecular complexity index is 718. The zero-order valence-corrected chi connectivity index (χ0v) is 18.5. The van der Waals surface area contributed by atoms with E-state index in [0.717, 1.165) is 51.4 Å². The molecule has 8 nitrogen and oxygen atoms in total. The van der Waals surface area contributed by atoms with Gasteiger partial charge in [-0.1, -0.05) is 42.4 Å². The van der Waals surface area contributed by atoms with E-state index in [2.05, 4.69) is 25.3 Å². The standard InChI is InChI=1S/C19H28N6O2.HI/c1-15(18-23-17(24-27-18)16-6-3-2-4-7-16)14-22-19(20)21-8-5-9-25-10-12-26-13-11-25;/h2-4,6-7,15H,5,8-14H2,1H3,(H3,20,21,22);1H. The zero-order chi connectivity index (χ0) is 18.9. The Balaban J connectivity index is 0.00000280. The quantitative estimate of drug-likeness (QED) is 0.248. The second kappa shape index (κ2) is 12.0. The lowest BCUT2D eigenvalue weighted by atomic mass is 10.2. The van der Waals surface area contributed by atoms with E-state index in [1.54, 1.807) is 0 Å². The molecular weight excluding hydrogens is 471 g/mol. The van der Waals surface area contributed by atoms with Crippen molar-refractivity contribution in [1.29, 1.82) is 0 Å². The van der Waals surface area contributed by atoms with Crippen molar-refractivity contribution in [2.75, 3.05) is 45.9 Å². The molecular formula is C19H29IN6O2. The maximum Gasteiger partial charge on any atom is 0.231 e. The van der Waals surface area contributed by atoms with Gasteiger partial charge in [-0.2, -0.15) is 4.98 Å². The molecule has 3 rings (SSSR count). The third-order valence-electron chi connectivity index (χ3n) is 4.49. The van der Waals surface area contributed by atoms with E-state index in [9.17, 15) is 0 Å². The number of guanidine groups is 1. The lowest BCUT2D eigenvalue weighted by Crippen LogP contribution is -2.39. The van der Waals surface area contributed by atoms with Crippen LogP contribution in [0.25, 0.3) is 11.4 Å². The van der Waals surface area contributed by atoms with Gasteiger partial charge in [-0.15, -0.1) is 24.0 Å². The van der Waals surface area contributed by atoms with Gasteiger partial charge in [0.2, 0.25) is 11.7 Å². The number of nitrogens with zero attached hydrogens (tertiary/aromatic N) is 4. The Morgan fingerprint density at radius 1 is 1.29 bits per heavy atom. The predicted octanol–water partition coefficient (Wildman–Crippen LogP) is 2.08. The van der Waals surface area contributed by atoms with Crippen LogP contribution < -0.4 is 11.1 Å². The van der Waals surface area contributed by atoms with Gasteiger partial charge >= 0.3 is 0 Å². The normalized spacial score (nSPS) is 16.4. The predicted molar refractivity (Wildman–Crippen MR) is 120 cm³/mol. The van der Waals surface area contributed by atoms with Crippen LogP contribution in [0.15, 0.2) is 39.8 Å². The van der Waals surface area contributed by atoms with Crippen LogP contribution in [-0.2, 0) is 4.74 Å². The van der Waals surface area contributed by atoms with Crippen molar-refractivity contribution >= 4 is 29.9 Å². The highest BCUT2D eigenvalue weighted by Gasteiger charge is 2.15. The van der Waals surface area contributed by atoms with Crippen molar-refractivity contribution in [2.45, 2.75) is 19.3 Å². The first-order valence-corrected chi connectivity index (χ1v) is 9.45. The van der Waals surface area contributed by atoms with E-state index in [1.807, 2.05) is 37.3 Å². The number of halogens is 1. The average molecular weight is 500 g/mol. The first kappa shape index (κ1) is 22.6. The number of nitrogens with one attached hydrogen (secondary N) is 1. The van der Waals surface area contributed by atoms with Crippen molar-refractivity contribution in [1.82, 2.24) is 20.4 Å². The number of rotatable bonds is 8. The maximum absolute atomic E-state index is 5.95. The second-order valence-electron chi connectivity index (χ2n) is 6.68.